The fraction of sp³-hybridized carbons (Fsp3) is 0.273. The second kappa shape index (κ2) is 9.28. The van der Waals surface area contributed by atoms with Crippen molar-refractivity contribution in [1.29, 1.82) is 0 Å². The smallest absolute Gasteiger partial charge is 0.267 e. The zero-order chi connectivity index (χ0) is 22.0. The summed E-state index contributed by atoms with van der Waals surface area (Å²) >= 11 is 4.79. The lowest BCUT2D eigenvalue weighted by Crippen LogP contribution is -2.40. The van der Waals surface area contributed by atoms with Gasteiger partial charge in [0.15, 0.2) is 5.17 Å². The van der Waals surface area contributed by atoms with Crippen LogP contribution in [0, 0.1) is 0 Å². The van der Waals surface area contributed by atoms with Crippen LogP contribution >= 0.6 is 27.7 Å². The summed E-state index contributed by atoms with van der Waals surface area (Å²) < 4.78 is 24.0. The number of amidine groups is 1. The molecule has 0 aromatic heterocycles. The molecule has 9 heteroatoms. The van der Waals surface area contributed by atoms with Crippen LogP contribution in [0.3, 0.4) is 0 Å². The Morgan fingerprint density at radius 1 is 1.03 bits per heavy atom. The number of carbonyl (C=O) groups excluding carboxylic acids is 1. The lowest BCUT2D eigenvalue weighted by Gasteiger charge is -2.30. The molecule has 162 valence electrons. The van der Waals surface area contributed by atoms with Crippen LogP contribution in [0.15, 0.2) is 67.8 Å². The van der Waals surface area contributed by atoms with E-state index in [9.17, 15) is 13.2 Å². The van der Waals surface area contributed by atoms with Crippen molar-refractivity contribution in [3.63, 3.8) is 0 Å². The van der Waals surface area contributed by atoms with Gasteiger partial charge in [-0.05, 0) is 72.6 Å². The molecule has 1 aliphatic carbocycles. The number of amides is 1. The number of thioether (sulfide) groups is 1. The van der Waals surface area contributed by atoms with Crippen LogP contribution in [0.5, 0.6) is 0 Å². The topological polar surface area (TPSA) is 92.8 Å². The van der Waals surface area contributed by atoms with Crippen LogP contribution in [-0.4, -0.2) is 30.4 Å². The van der Waals surface area contributed by atoms with Crippen LogP contribution in [0.4, 0.5) is 5.69 Å². The molecule has 1 saturated heterocycles. The zero-order valence-corrected chi connectivity index (χ0v) is 19.9. The third-order valence-electron chi connectivity index (χ3n) is 5.33. The van der Waals surface area contributed by atoms with Gasteiger partial charge in [0.2, 0.25) is 10.0 Å². The maximum atomic E-state index is 13.3. The molecule has 0 unspecified atom stereocenters. The van der Waals surface area contributed by atoms with Gasteiger partial charge in [-0.2, -0.15) is 0 Å². The Bertz CT molecular complexity index is 1140. The first-order valence-corrected chi connectivity index (χ1v) is 13.2. The van der Waals surface area contributed by atoms with Gasteiger partial charge < -0.3 is 0 Å². The Hall–Kier alpha value is -1.94. The van der Waals surface area contributed by atoms with E-state index < -0.39 is 10.0 Å². The number of benzene rings is 2. The van der Waals surface area contributed by atoms with Crippen molar-refractivity contribution in [2.75, 3.05) is 0 Å². The fourth-order valence-electron chi connectivity index (χ4n) is 3.76. The van der Waals surface area contributed by atoms with E-state index in [1.165, 1.54) is 30.3 Å². The standard InChI is InChI=1S/C22H22BrN3O3S2/c23-16-8-6-15(7-9-16)14-20-21(27)26(18-4-2-1-3-5-18)22(30-20)25-17-10-12-19(13-11-17)31(24,28)29/h6-14,18H,1-5H2,(H2,24,28,29). The lowest BCUT2D eigenvalue weighted by molar-refractivity contribution is -0.124. The highest BCUT2D eigenvalue weighted by Crippen LogP contribution is 2.38. The number of halogens is 1. The maximum Gasteiger partial charge on any atom is 0.267 e. The Kier molecular flexibility index (Phi) is 6.66. The average molecular weight is 520 g/mol. The van der Waals surface area contributed by atoms with Gasteiger partial charge in [-0.15, -0.1) is 0 Å². The molecule has 2 fully saturated rings. The first kappa shape index (κ1) is 22.3. The predicted molar refractivity (Wildman–Crippen MR) is 128 cm³/mol. The summed E-state index contributed by atoms with van der Waals surface area (Å²) in [4.78, 5) is 20.5. The first-order chi connectivity index (χ1) is 14.8. The predicted octanol–water partition coefficient (Wildman–Crippen LogP) is 5.03. The highest BCUT2D eigenvalue weighted by atomic mass is 79.9. The van der Waals surface area contributed by atoms with Crippen LogP contribution in [-0.2, 0) is 14.8 Å². The van der Waals surface area contributed by atoms with Crippen molar-refractivity contribution in [3.05, 3.63) is 63.5 Å². The van der Waals surface area contributed by atoms with Crippen LogP contribution in [0.2, 0.25) is 0 Å². The highest BCUT2D eigenvalue weighted by molar-refractivity contribution is 9.10. The third-order valence-corrected chi connectivity index (χ3v) is 7.78. The number of sulfonamides is 1. The molecule has 0 bridgehead atoms. The number of primary sulfonamides is 1. The lowest BCUT2D eigenvalue weighted by atomic mass is 9.94. The molecule has 1 saturated carbocycles. The van der Waals surface area contributed by atoms with Crippen molar-refractivity contribution in [2.45, 2.75) is 43.0 Å². The van der Waals surface area contributed by atoms with Gasteiger partial charge in [0, 0.05) is 10.5 Å². The molecule has 4 rings (SSSR count). The molecule has 1 aliphatic heterocycles. The van der Waals surface area contributed by atoms with E-state index in [1.807, 2.05) is 35.2 Å². The van der Waals surface area contributed by atoms with Crippen molar-refractivity contribution in [2.24, 2.45) is 10.1 Å². The van der Waals surface area contributed by atoms with E-state index in [-0.39, 0.29) is 16.8 Å². The maximum absolute atomic E-state index is 13.3. The Morgan fingerprint density at radius 3 is 2.29 bits per heavy atom. The molecule has 0 atom stereocenters. The molecule has 0 radical (unpaired) electrons. The summed E-state index contributed by atoms with van der Waals surface area (Å²) in [5, 5.41) is 5.81. The van der Waals surface area contributed by atoms with E-state index in [0.29, 0.717) is 15.8 Å². The third kappa shape index (κ3) is 5.28. The minimum atomic E-state index is -3.76. The largest absolute Gasteiger partial charge is 0.283 e. The number of aliphatic imine (C=N–C) groups is 1. The van der Waals surface area contributed by atoms with Crippen LogP contribution in [0.1, 0.15) is 37.7 Å². The van der Waals surface area contributed by atoms with Gasteiger partial charge in [-0.1, -0.05) is 47.3 Å². The summed E-state index contributed by atoms with van der Waals surface area (Å²) in [5.41, 5.74) is 1.52. The van der Waals surface area contributed by atoms with Crippen LogP contribution in [0.25, 0.3) is 6.08 Å². The Labute approximate surface area is 194 Å². The van der Waals surface area contributed by atoms with Gasteiger partial charge in [-0.3, -0.25) is 9.69 Å². The monoisotopic (exact) mass is 519 g/mol. The molecule has 2 aromatic carbocycles. The SMILES string of the molecule is NS(=O)(=O)c1ccc(N=C2SC(=Cc3ccc(Br)cc3)C(=O)N2C2CCCCC2)cc1. The molecule has 31 heavy (non-hydrogen) atoms. The molecular formula is C22H22BrN3O3S2. The summed E-state index contributed by atoms with van der Waals surface area (Å²) in [7, 11) is -3.76. The quantitative estimate of drug-likeness (QED) is 0.573. The van der Waals surface area contributed by atoms with E-state index >= 15 is 0 Å². The van der Waals surface area contributed by atoms with Crippen molar-refractivity contribution >= 4 is 60.6 Å². The van der Waals surface area contributed by atoms with E-state index in [4.69, 9.17) is 10.1 Å². The number of nitrogens with zero attached hydrogens (tertiary/aromatic N) is 2. The summed E-state index contributed by atoms with van der Waals surface area (Å²) in [6, 6.07) is 14.0. The molecule has 6 nitrogen and oxygen atoms in total. The summed E-state index contributed by atoms with van der Waals surface area (Å²) in [5.74, 6) is -0.0280. The highest BCUT2D eigenvalue weighted by Gasteiger charge is 2.38. The first-order valence-electron chi connectivity index (χ1n) is 10.0. The summed E-state index contributed by atoms with van der Waals surface area (Å²) in [6.07, 6.45) is 7.20. The molecule has 2 N–H and O–H groups in total. The molecule has 2 aromatic rings. The van der Waals surface area contributed by atoms with E-state index in [2.05, 4.69) is 15.9 Å². The van der Waals surface area contributed by atoms with Gasteiger partial charge in [0.1, 0.15) is 0 Å². The zero-order valence-electron chi connectivity index (χ0n) is 16.7. The van der Waals surface area contributed by atoms with Gasteiger partial charge in [0.05, 0.1) is 15.5 Å². The minimum Gasteiger partial charge on any atom is -0.283 e. The molecular weight excluding hydrogens is 498 g/mol. The fourth-order valence-corrected chi connectivity index (χ4v) is 5.60. The molecule has 1 heterocycles. The average Bonchev–Trinajstić information content (AvgIpc) is 3.04. The number of hydrogen-bond acceptors (Lipinski definition) is 5. The van der Waals surface area contributed by atoms with Gasteiger partial charge >= 0.3 is 0 Å². The normalized spacial score (nSPS) is 20.7. The minimum absolute atomic E-state index is 0.0280. The van der Waals surface area contributed by atoms with Crippen molar-refractivity contribution in [1.82, 2.24) is 4.90 Å². The van der Waals surface area contributed by atoms with E-state index in [0.717, 1.165) is 35.7 Å². The Balaban J connectivity index is 1.68. The molecule has 1 amide bonds. The number of carbonyl (C=O) groups is 1. The van der Waals surface area contributed by atoms with E-state index in [1.54, 1.807) is 12.1 Å². The van der Waals surface area contributed by atoms with Crippen molar-refractivity contribution in [3.8, 4) is 0 Å². The number of nitrogens with two attached hydrogens (primary N) is 1. The second-order valence-electron chi connectivity index (χ2n) is 7.56. The molecule has 2 aliphatic rings. The van der Waals surface area contributed by atoms with Crippen molar-refractivity contribution < 1.29 is 13.2 Å². The Morgan fingerprint density at radius 2 is 1.68 bits per heavy atom. The summed E-state index contributed by atoms with van der Waals surface area (Å²) in [6.45, 7) is 0. The number of rotatable bonds is 4. The van der Waals surface area contributed by atoms with Gasteiger partial charge in [-0.25, -0.2) is 18.5 Å². The number of hydrogen-bond donors (Lipinski definition) is 1. The van der Waals surface area contributed by atoms with Crippen LogP contribution < -0.4 is 5.14 Å². The second-order valence-corrected chi connectivity index (χ2v) is 11.0. The van der Waals surface area contributed by atoms with Gasteiger partial charge in [0.25, 0.3) is 5.91 Å². The molecule has 0 spiro atoms.